The average molecular weight is 641 g/mol. The number of aromatic nitrogens is 1. The third kappa shape index (κ3) is 6.06. The van der Waals surface area contributed by atoms with Crippen molar-refractivity contribution in [3.05, 3.63) is 129 Å². The summed E-state index contributed by atoms with van der Waals surface area (Å²) in [6, 6.07) is 19.3. The molecule has 0 N–H and O–H groups in total. The average Bonchev–Trinajstić information content (AvgIpc) is 3.27. The van der Waals surface area contributed by atoms with Gasteiger partial charge in [0.2, 0.25) is 0 Å². The normalized spacial score (nSPS) is 14.9. The Morgan fingerprint density at radius 1 is 1.02 bits per heavy atom. The lowest BCUT2D eigenvalue weighted by molar-refractivity contribution is -0.127. The van der Waals surface area contributed by atoms with Crippen molar-refractivity contribution in [3.63, 3.8) is 0 Å². The van der Waals surface area contributed by atoms with Crippen LogP contribution in [0.4, 0.5) is 0 Å². The molecule has 1 amide bonds. The van der Waals surface area contributed by atoms with Crippen molar-refractivity contribution in [2.75, 3.05) is 13.1 Å². The molecule has 0 saturated carbocycles. The molecule has 1 aliphatic rings. The van der Waals surface area contributed by atoms with Gasteiger partial charge in [-0.2, -0.15) is 0 Å². The van der Waals surface area contributed by atoms with E-state index in [-0.39, 0.29) is 18.1 Å². The SMILES string of the molecule is CCN(CC)C(=O)C1=C(C)N=c2s/c(=C/c3ccccc3OCc3ccc(Cl)cc3Cl)c(=O)n2[C@@H]1c1ccc(Cl)cc1. The van der Waals surface area contributed by atoms with Crippen molar-refractivity contribution >= 4 is 58.1 Å². The van der Waals surface area contributed by atoms with Gasteiger partial charge in [0.05, 0.1) is 21.8 Å². The number of likely N-dealkylation sites (N-methyl/N-ethyl adjacent to an activating group) is 1. The molecule has 1 aromatic heterocycles. The maximum atomic E-state index is 14.1. The zero-order valence-corrected chi connectivity index (χ0v) is 26.3. The summed E-state index contributed by atoms with van der Waals surface area (Å²) in [5.41, 5.74) is 3.11. The lowest BCUT2D eigenvalue weighted by atomic mass is 9.94. The van der Waals surface area contributed by atoms with Gasteiger partial charge < -0.3 is 9.64 Å². The number of carbonyl (C=O) groups is 1. The monoisotopic (exact) mass is 639 g/mol. The Hall–Kier alpha value is -3.36. The predicted octanol–water partition coefficient (Wildman–Crippen LogP) is 6.64. The smallest absolute Gasteiger partial charge is 0.271 e. The fourth-order valence-electron chi connectivity index (χ4n) is 4.90. The third-order valence-corrected chi connectivity index (χ3v) is 8.91. The van der Waals surface area contributed by atoms with E-state index >= 15 is 0 Å². The van der Waals surface area contributed by atoms with E-state index in [0.717, 1.165) is 16.7 Å². The van der Waals surface area contributed by atoms with Crippen molar-refractivity contribution < 1.29 is 9.53 Å². The highest BCUT2D eigenvalue weighted by Crippen LogP contribution is 2.32. The number of benzene rings is 3. The Morgan fingerprint density at radius 3 is 2.40 bits per heavy atom. The summed E-state index contributed by atoms with van der Waals surface area (Å²) in [7, 11) is 0. The summed E-state index contributed by atoms with van der Waals surface area (Å²) in [4.78, 5) is 34.8. The van der Waals surface area contributed by atoms with E-state index in [9.17, 15) is 9.59 Å². The van der Waals surface area contributed by atoms with E-state index in [1.54, 1.807) is 39.8 Å². The van der Waals surface area contributed by atoms with E-state index in [1.807, 2.05) is 63.2 Å². The van der Waals surface area contributed by atoms with E-state index in [4.69, 9.17) is 44.5 Å². The maximum absolute atomic E-state index is 14.1. The van der Waals surface area contributed by atoms with Crippen LogP contribution in [-0.4, -0.2) is 28.5 Å². The molecule has 4 aromatic rings. The highest BCUT2D eigenvalue weighted by Gasteiger charge is 2.34. The van der Waals surface area contributed by atoms with Crippen LogP contribution in [0.3, 0.4) is 0 Å². The van der Waals surface area contributed by atoms with Crippen LogP contribution in [-0.2, 0) is 11.4 Å². The zero-order chi connectivity index (χ0) is 30.0. The van der Waals surface area contributed by atoms with Crippen molar-refractivity contribution in [2.45, 2.75) is 33.4 Å². The first kappa shape index (κ1) is 30.1. The van der Waals surface area contributed by atoms with Crippen LogP contribution in [0.2, 0.25) is 15.1 Å². The van der Waals surface area contributed by atoms with Gasteiger partial charge in [-0.25, -0.2) is 4.99 Å². The lowest BCUT2D eigenvalue weighted by Crippen LogP contribution is -2.43. The third-order valence-electron chi connectivity index (χ3n) is 7.09. The molecular weight excluding hydrogens is 613 g/mol. The predicted molar refractivity (Wildman–Crippen MR) is 170 cm³/mol. The summed E-state index contributed by atoms with van der Waals surface area (Å²) >= 11 is 19.8. The first-order valence-corrected chi connectivity index (χ1v) is 15.4. The number of carbonyl (C=O) groups excluding carboxylic acids is 1. The van der Waals surface area contributed by atoms with Gasteiger partial charge in [0.15, 0.2) is 4.80 Å². The second-order valence-electron chi connectivity index (χ2n) is 9.67. The molecule has 5 rings (SSSR count). The van der Waals surface area contributed by atoms with E-state index < -0.39 is 6.04 Å². The molecule has 1 aliphatic heterocycles. The first-order chi connectivity index (χ1) is 20.2. The van der Waals surface area contributed by atoms with Gasteiger partial charge >= 0.3 is 0 Å². The summed E-state index contributed by atoms with van der Waals surface area (Å²) in [6.45, 7) is 7.01. The number of halogens is 3. The summed E-state index contributed by atoms with van der Waals surface area (Å²) in [5, 5.41) is 1.63. The molecule has 0 spiro atoms. The Kier molecular flexibility index (Phi) is 9.23. The van der Waals surface area contributed by atoms with Gasteiger partial charge in [-0.15, -0.1) is 0 Å². The number of allylic oxidation sites excluding steroid dienone is 1. The van der Waals surface area contributed by atoms with Crippen molar-refractivity contribution in [3.8, 4) is 5.75 Å². The Morgan fingerprint density at radius 2 is 1.71 bits per heavy atom. The molecule has 0 aliphatic carbocycles. The fourth-order valence-corrected chi connectivity index (χ4v) is 6.53. The van der Waals surface area contributed by atoms with Crippen LogP contribution >= 0.6 is 46.1 Å². The highest BCUT2D eigenvalue weighted by atomic mass is 35.5. The number of rotatable bonds is 8. The number of hydrogen-bond donors (Lipinski definition) is 0. The van der Waals surface area contributed by atoms with E-state index in [2.05, 4.69) is 0 Å². The molecule has 3 aromatic carbocycles. The lowest BCUT2D eigenvalue weighted by Gasteiger charge is -2.29. The number of nitrogens with zero attached hydrogens (tertiary/aromatic N) is 3. The number of fused-ring (bicyclic) bond motifs is 1. The second-order valence-corrected chi connectivity index (χ2v) is 12.0. The minimum absolute atomic E-state index is 0.143. The molecule has 0 fully saturated rings. The number of thiazole rings is 1. The topological polar surface area (TPSA) is 63.9 Å². The number of amides is 1. The van der Waals surface area contributed by atoms with Gasteiger partial charge in [0, 0.05) is 39.3 Å². The molecular formula is C32H28Cl3N3O3S. The largest absolute Gasteiger partial charge is 0.488 e. The number of hydrogen-bond acceptors (Lipinski definition) is 5. The molecule has 0 saturated heterocycles. The minimum Gasteiger partial charge on any atom is -0.488 e. The highest BCUT2D eigenvalue weighted by molar-refractivity contribution is 7.07. The summed E-state index contributed by atoms with van der Waals surface area (Å²) in [6.07, 6.45) is 1.80. The Balaban J connectivity index is 1.60. The maximum Gasteiger partial charge on any atom is 0.271 e. The molecule has 6 nitrogen and oxygen atoms in total. The molecule has 0 radical (unpaired) electrons. The van der Waals surface area contributed by atoms with Crippen LogP contribution in [0.5, 0.6) is 5.75 Å². The summed E-state index contributed by atoms with van der Waals surface area (Å²) in [5.74, 6) is 0.451. The van der Waals surface area contributed by atoms with Crippen LogP contribution in [0.15, 0.2) is 87.8 Å². The molecule has 0 unspecified atom stereocenters. The van der Waals surface area contributed by atoms with Crippen molar-refractivity contribution in [1.29, 1.82) is 0 Å². The van der Waals surface area contributed by atoms with Gasteiger partial charge in [0.1, 0.15) is 12.4 Å². The van der Waals surface area contributed by atoms with Crippen molar-refractivity contribution in [1.82, 2.24) is 9.47 Å². The molecule has 0 bridgehead atoms. The Labute approximate surface area is 262 Å². The second kappa shape index (κ2) is 12.9. The molecule has 216 valence electrons. The van der Waals surface area contributed by atoms with Gasteiger partial charge in [-0.1, -0.05) is 82.5 Å². The van der Waals surface area contributed by atoms with Gasteiger partial charge in [-0.3, -0.25) is 14.2 Å². The van der Waals surface area contributed by atoms with E-state index in [1.165, 1.54) is 11.3 Å². The standard InChI is InChI=1S/C32H28Cl3N3O3S/c1-4-37(5-2)31(40)28-19(3)36-32-38(29(28)20-10-13-23(33)14-11-20)30(39)27(42-32)16-21-8-6-7-9-26(21)41-18-22-12-15-24(34)17-25(22)35/h6-17,29H,4-5,18H2,1-3H3/b27-16+/t29-/m1/s1. The Bertz CT molecular complexity index is 1860. The zero-order valence-electron chi connectivity index (χ0n) is 23.2. The van der Waals surface area contributed by atoms with Crippen LogP contribution in [0.1, 0.15) is 43.5 Å². The van der Waals surface area contributed by atoms with Crippen LogP contribution < -0.4 is 19.6 Å². The van der Waals surface area contributed by atoms with Crippen LogP contribution in [0, 0.1) is 0 Å². The van der Waals surface area contributed by atoms with Gasteiger partial charge in [0.25, 0.3) is 11.5 Å². The van der Waals surface area contributed by atoms with E-state index in [0.29, 0.717) is 54.5 Å². The molecule has 1 atom stereocenters. The summed E-state index contributed by atoms with van der Waals surface area (Å²) < 4.78 is 8.20. The fraction of sp³-hybridized carbons (Fsp3) is 0.219. The number of para-hydroxylation sites is 1. The number of ether oxygens (including phenoxy) is 1. The molecule has 42 heavy (non-hydrogen) atoms. The first-order valence-electron chi connectivity index (χ1n) is 13.4. The van der Waals surface area contributed by atoms with Gasteiger partial charge in [-0.05, 0) is 62.7 Å². The molecule has 2 heterocycles. The quantitative estimate of drug-likeness (QED) is 0.217. The minimum atomic E-state index is -0.646. The van der Waals surface area contributed by atoms with Crippen molar-refractivity contribution in [2.24, 2.45) is 4.99 Å². The molecule has 10 heteroatoms. The van der Waals surface area contributed by atoms with Crippen LogP contribution in [0.25, 0.3) is 6.08 Å².